The predicted molar refractivity (Wildman–Crippen MR) is 72.9 cm³/mol. The van der Waals surface area contributed by atoms with Gasteiger partial charge in [-0.25, -0.2) is 4.79 Å². The number of carbonyl (C=O) groups is 2. The lowest BCUT2D eigenvalue weighted by atomic mass is 10.1. The summed E-state index contributed by atoms with van der Waals surface area (Å²) in [7, 11) is 0. The van der Waals surface area contributed by atoms with Crippen LogP contribution in [0, 0.1) is 0 Å². The second kappa shape index (κ2) is 6.63. The van der Waals surface area contributed by atoms with Crippen molar-refractivity contribution >= 4 is 11.9 Å². The Morgan fingerprint density at radius 3 is 2.10 bits per heavy atom. The van der Waals surface area contributed by atoms with Crippen molar-refractivity contribution in [1.29, 1.82) is 0 Å². The van der Waals surface area contributed by atoms with Gasteiger partial charge in [-0.2, -0.15) is 0 Å². The van der Waals surface area contributed by atoms with E-state index >= 15 is 0 Å². The molecule has 0 heterocycles. The molecular weight excluding hydrogens is 256 g/mol. The maximum Gasteiger partial charge on any atom is 0.345 e. The molecule has 102 valence electrons. The van der Waals surface area contributed by atoms with Gasteiger partial charge in [-0.15, -0.1) is 0 Å². The molecule has 4 heteroatoms. The summed E-state index contributed by atoms with van der Waals surface area (Å²) in [6.45, 7) is 0. The van der Waals surface area contributed by atoms with Gasteiger partial charge in [0.25, 0.3) is 0 Å². The van der Waals surface area contributed by atoms with Crippen LogP contribution in [-0.4, -0.2) is 17.0 Å². The van der Waals surface area contributed by atoms with E-state index in [4.69, 9.17) is 4.74 Å². The largest absolute Gasteiger partial charge is 0.389 e. The van der Waals surface area contributed by atoms with E-state index in [0.717, 1.165) is 0 Å². The average molecular weight is 270 g/mol. The van der Waals surface area contributed by atoms with Gasteiger partial charge in [0, 0.05) is 0 Å². The highest BCUT2D eigenvalue weighted by atomic mass is 16.6. The number of ether oxygens (including phenoxy) is 1. The second-order valence-electron chi connectivity index (χ2n) is 4.26. The molecule has 0 bridgehead atoms. The Hall–Kier alpha value is -2.46. The smallest absolute Gasteiger partial charge is 0.345 e. The molecular formula is C16H14O4. The van der Waals surface area contributed by atoms with Gasteiger partial charge in [0.1, 0.15) is 0 Å². The molecule has 1 N–H and O–H groups in total. The van der Waals surface area contributed by atoms with Gasteiger partial charge in [0.05, 0.1) is 18.1 Å². The molecule has 0 spiro atoms. The molecule has 0 aliphatic heterocycles. The molecule has 0 saturated carbocycles. The zero-order valence-electron chi connectivity index (χ0n) is 10.7. The standard InChI is InChI=1S/C16H14O4/c17-14(12-7-3-1-4-8-12)11-15(18)20-16(19)13-9-5-2-6-10-13/h1-10,14,17H,11H2. The fourth-order valence-electron chi connectivity index (χ4n) is 1.73. The van der Waals surface area contributed by atoms with Crippen molar-refractivity contribution in [3.63, 3.8) is 0 Å². The lowest BCUT2D eigenvalue weighted by molar-refractivity contribution is -0.140. The van der Waals surface area contributed by atoms with E-state index in [2.05, 4.69) is 0 Å². The average Bonchev–Trinajstić information content (AvgIpc) is 2.49. The lowest BCUT2D eigenvalue weighted by Gasteiger charge is -2.09. The van der Waals surface area contributed by atoms with E-state index in [1.54, 1.807) is 54.6 Å². The summed E-state index contributed by atoms with van der Waals surface area (Å²) in [6.07, 6.45) is -1.24. The first-order valence-electron chi connectivity index (χ1n) is 6.20. The van der Waals surface area contributed by atoms with E-state index in [1.165, 1.54) is 0 Å². The monoisotopic (exact) mass is 270 g/mol. The zero-order chi connectivity index (χ0) is 14.4. The first-order chi connectivity index (χ1) is 9.66. The minimum absolute atomic E-state index is 0.261. The molecule has 0 saturated heterocycles. The Morgan fingerprint density at radius 1 is 0.950 bits per heavy atom. The molecule has 0 aromatic heterocycles. The highest BCUT2D eigenvalue weighted by Gasteiger charge is 2.17. The van der Waals surface area contributed by atoms with Crippen LogP contribution in [0.1, 0.15) is 28.4 Å². The minimum atomic E-state index is -0.979. The summed E-state index contributed by atoms with van der Waals surface area (Å²) in [5.74, 6) is -1.47. The molecule has 0 aliphatic rings. The van der Waals surface area contributed by atoms with Crippen molar-refractivity contribution in [2.75, 3.05) is 0 Å². The number of rotatable bonds is 4. The molecule has 2 aromatic rings. The van der Waals surface area contributed by atoms with Gasteiger partial charge in [-0.1, -0.05) is 48.5 Å². The molecule has 0 aliphatic carbocycles. The van der Waals surface area contributed by atoms with Crippen LogP contribution in [0.4, 0.5) is 0 Å². The molecule has 1 unspecified atom stereocenters. The van der Waals surface area contributed by atoms with Crippen molar-refractivity contribution in [3.05, 3.63) is 71.8 Å². The highest BCUT2D eigenvalue weighted by molar-refractivity contribution is 5.96. The Bertz CT molecular complexity index is 578. The van der Waals surface area contributed by atoms with Gasteiger partial charge in [-0.3, -0.25) is 4.79 Å². The highest BCUT2D eigenvalue weighted by Crippen LogP contribution is 2.16. The van der Waals surface area contributed by atoms with Crippen LogP contribution in [0.25, 0.3) is 0 Å². The minimum Gasteiger partial charge on any atom is -0.389 e. The molecule has 0 fully saturated rings. The zero-order valence-corrected chi connectivity index (χ0v) is 10.7. The Morgan fingerprint density at radius 2 is 1.50 bits per heavy atom. The quantitative estimate of drug-likeness (QED) is 0.685. The van der Waals surface area contributed by atoms with Crippen molar-refractivity contribution in [2.24, 2.45) is 0 Å². The van der Waals surface area contributed by atoms with E-state index < -0.39 is 18.0 Å². The SMILES string of the molecule is O=C(CC(O)c1ccccc1)OC(=O)c1ccccc1. The maximum absolute atomic E-state index is 11.6. The predicted octanol–water partition coefficient (Wildman–Crippen LogP) is 2.49. The summed E-state index contributed by atoms with van der Waals surface area (Å²) in [5, 5.41) is 9.86. The van der Waals surface area contributed by atoms with Crippen LogP contribution in [-0.2, 0) is 9.53 Å². The van der Waals surface area contributed by atoms with E-state index in [-0.39, 0.29) is 6.42 Å². The number of aliphatic hydroxyl groups excluding tert-OH is 1. The van der Waals surface area contributed by atoms with Gasteiger partial charge < -0.3 is 9.84 Å². The molecule has 1 atom stereocenters. The number of carbonyl (C=O) groups excluding carboxylic acids is 2. The van der Waals surface area contributed by atoms with E-state index in [1.807, 2.05) is 6.07 Å². The number of aliphatic hydroxyl groups is 1. The van der Waals surface area contributed by atoms with Gasteiger partial charge in [-0.05, 0) is 17.7 Å². The van der Waals surface area contributed by atoms with Crippen LogP contribution in [0.3, 0.4) is 0 Å². The van der Waals surface area contributed by atoms with Gasteiger partial charge in [0.2, 0.25) is 0 Å². The second-order valence-corrected chi connectivity index (χ2v) is 4.26. The third kappa shape index (κ3) is 3.76. The third-order valence-electron chi connectivity index (χ3n) is 2.76. The number of esters is 2. The topological polar surface area (TPSA) is 63.6 Å². The fourth-order valence-corrected chi connectivity index (χ4v) is 1.73. The first kappa shape index (κ1) is 14.0. The Labute approximate surface area is 116 Å². The lowest BCUT2D eigenvalue weighted by Crippen LogP contribution is -2.15. The molecule has 0 amide bonds. The first-order valence-corrected chi connectivity index (χ1v) is 6.20. The molecule has 4 nitrogen and oxygen atoms in total. The summed E-state index contributed by atoms with van der Waals surface area (Å²) < 4.78 is 4.69. The number of hydrogen-bond donors (Lipinski definition) is 1. The summed E-state index contributed by atoms with van der Waals surface area (Å²) in [6, 6.07) is 17.0. The van der Waals surface area contributed by atoms with Gasteiger partial charge >= 0.3 is 11.9 Å². The van der Waals surface area contributed by atoms with Crippen molar-refractivity contribution in [3.8, 4) is 0 Å². The molecule has 2 rings (SSSR count). The van der Waals surface area contributed by atoms with Crippen LogP contribution >= 0.6 is 0 Å². The van der Waals surface area contributed by atoms with Crippen LogP contribution in [0.5, 0.6) is 0 Å². The maximum atomic E-state index is 11.6. The Balaban J connectivity index is 1.91. The van der Waals surface area contributed by atoms with Crippen LogP contribution in [0.15, 0.2) is 60.7 Å². The van der Waals surface area contributed by atoms with E-state index in [9.17, 15) is 14.7 Å². The number of benzene rings is 2. The van der Waals surface area contributed by atoms with Crippen LogP contribution in [0.2, 0.25) is 0 Å². The van der Waals surface area contributed by atoms with Crippen molar-refractivity contribution < 1.29 is 19.4 Å². The summed E-state index contributed by atoms with van der Waals surface area (Å²) in [5.41, 5.74) is 0.909. The van der Waals surface area contributed by atoms with Gasteiger partial charge in [0.15, 0.2) is 0 Å². The van der Waals surface area contributed by atoms with Crippen LogP contribution < -0.4 is 0 Å². The molecule has 20 heavy (non-hydrogen) atoms. The Kier molecular flexibility index (Phi) is 4.63. The molecule has 2 aromatic carbocycles. The van der Waals surface area contributed by atoms with Crippen molar-refractivity contribution in [1.82, 2.24) is 0 Å². The normalized spacial score (nSPS) is 11.7. The molecule has 0 radical (unpaired) electrons. The third-order valence-corrected chi connectivity index (χ3v) is 2.76. The van der Waals surface area contributed by atoms with Crippen molar-refractivity contribution in [2.45, 2.75) is 12.5 Å². The summed E-state index contributed by atoms with van der Waals surface area (Å²) >= 11 is 0. The fraction of sp³-hybridized carbons (Fsp3) is 0.125. The number of hydrogen-bond acceptors (Lipinski definition) is 4. The van der Waals surface area contributed by atoms with E-state index in [0.29, 0.717) is 11.1 Å². The summed E-state index contributed by atoms with van der Waals surface area (Å²) in [4.78, 5) is 23.3.